The third kappa shape index (κ3) is 4.43. The van der Waals surface area contributed by atoms with Gasteiger partial charge in [0.25, 0.3) is 0 Å². The van der Waals surface area contributed by atoms with Gasteiger partial charge in [-0.25, -0.2) is 14.2 Å². The second-order valence-corrected chi connectivity index (χ2v) is 9.79. The minimum Gasteiger partial charge on any atom is -0.487 e. The van der Waals surface area contributed by atoms with E-state index in [-0.39, 0.29) is 23.6 Å². The summed E-state index contributed by atoms with van der Waals surface area (Å²) in [5.41, 5.74) is 2.96. The summed E-state index contributed by atoms with van der Waals surface area (Å²) >= 11 is 0. The minimum atomic E-state index is -3.74. The van der Waals surface area contributed by atoms with Crippen molar-refractivity contribution < 1.29 is 32.2 Å². The molecule has 3 heterocycles. The maximum atomic E-state index is 13.6. The number of anilines is 1. The number of hydrogen-bond donors (Lipinski definition) is 1. The highest BCUT2D eigenvalue weighted by atomic mass is 19.3. The van der Waals surface area contributed by atoms with Gasteiger partial charge in [-0.2, -0.15) is 5.10 Å². The maximum absolute atomic E-state index is 13.6. The lowest BCUT2D eigenvalue weighted by Crippen LogP contribution is -2.30. The van der Waals surface area contributed by atoms with Crippen molar-refractivity contribution >= 4 is 17.4 Å². The number of fused-ring (bicyclic) bond motifs is 2. The topological polar surface area (TPSA) is 72.4 Å². The second kappa shape index (κ2) is 8.16. The fourth-order valence-electron chi connectivity index (χ4n) is 4.83. The highest BCUT2D eigenvalue weighted by Gasteiger charge is 2.44. The van der Waals surface area contributed by atoms with Crippen molar-refractivity contribution in [3.8, 4) is 17.2 Å². The molecule has 0 saturated carbocycles. The minimum absolute atomic E-state index is 0.0783. The van der Waals surface area contributed by atoms with Crippen molar-refractivity contribution in [3.63, 3.8) is 0 Å². The molecule has 7 nitrogen and oxygen atoms in total. The Kier molecular flexibility index (Phi) is 5.11. The van der Waals surface area contributed by atoms with Crippen LogP contribution in [0.3, 0.4) is 0 Å². The summed E-state index contributed by atoms with van der Waals surface area (Å²) in [6, 6.07) is 15.2. The Morgan fingerprint density at radius 3 is 2.49 bits per heavy atom. The number of nitrogens with one attached hydrogen (secondary N) is 1. The van der Waals surface area contributed by atoms with E-state index in [1.54, 1.807) is 24.3 Å². The lowest BCUT2D eigenvalue weighted by molar-refractivity contribution is -0.286. The first-order valence-corrected chi connectivity index (χ1v) is 11.7. The number of benzene rings is 3. The van der Waals surface area contributed by atoms with Gasteiger partial charge in [-0.1, -0.05) is 18.2 Å². The molecule has 6 rings (SSSR count). The van der Waals surface area contributed by atoms with Gasteiger partial charge in [-0.05, 0) is 67.4 Å². The van der Waals surface area contributed by atoms with Crippen molar-refractivity contribution in [2.75, 3.05) is 11.9 Å². The molecule has 3 aromatic carbocycles. The van der Waals surface area contributed by atoms with Crippen molar-refractivity contribution in [2.45, 2.75) is 38.1 Å². The Morgan fingerprint density at radius 2 is 1.70 bits per heavy atom. The van der Waals surface area contributed by atoms with Gasteiger partial charge in [0, 0.05) is 23.6 Å². The number of carbonyl (C=O) groups excluding carboxylic acids is 1. The number of halogens is 3. The van der Waals surface area contributed by atoms with Crippen molar-refractivity contribution in [3.05, 3.63) is 83.2 Å². The SMILES string of the molecule is CC1(C)Cc2cc(NC(=O)N3CC(c4ccc5c(c4)OC(F)(F)O5)C(c4ccc(F)cc4)=N3)ccc2O1. The van der Waals surface area contributed by atoms with Crippen molar-refractivity contribution in [2.24, 2.45) is 5.10 Å². The highest BCUT2D eigenvalue weighted by Crippen LogP contribution is 2.43. The molecule has 0 spiro atoms. The van der Waals surface area contributed by atoms with Crippen molar-refractivity contribution in [1.29, 1.82) is 0 Å². The molecule has 0 saturated heterocycles. The molecule has 3 aliphatic rings. The van der Waals surface area contributed by atoms with E-state index in [1.165, 1.54) is 29.3 Å². The first-order valence-electron chi connectivity index (χ1n) is 11.7. The molecular formula is C27H22F3N3O4. The van der Waals surface area contributed by atoms with Crippen LogP contribution in [-0.4, -0.2) is 35.2 Å². The molecule has 1 unspecified atom stereocenters. The number of amides is 2. The number of urea groups is 1. The molecule has 1 atom stereocenters. The number of hydrazone groups is 1. The lowest BCUT2D eigenvalue weighted by atomic mass is 9.90. The summed E-state index contributed by atoms with van der Waals surface area (Å²) in [7, 11) is 0. The van der Waals surface area contributed by atoms with Gasteiger partial charge in [-0.3, -0.25) is 0 Å². The lowest BCUT2D eigenvalue weighted by Gasteiger charge is -2.16. The van der Waals surface area contributed by atoms with Crippen LogP contribution in [0, 0.1) is 5.82 Å². The highest BCUT2D eigenvalue weighted by molar-refractivity contribution is 6.08. The number of hydrogen-bond acceptors (Lipinski definition) is 5. The fourth-order valence-corrected chi connectivity index (χ4v) is 4.83. The zero-order valence-electron chi connectivity index (χ0n) is 19.9. The third-order valence-electron chi connectivity index (χ3n) is 6.43. The Bertz CT molecular complexity index is 1440. The van der Waals surface area contributed by atoms with E-state index in [1.807, 2.05) is 26.0 Å². The Morgan fingerprint density at radius 1 is 0.973 bits per heavy atom. The Labute approximate surface area is 210 Å². The Hall–Kier alpha value is -4.21. The Balaban J connectivity index is 1.28. The van der Waals surface area contributed by atoms with Crippen LogP contribution in [0.4, 0.5) is 23.7 Å². The molecule has 0 aliphatic carbocycles. The molecule has 2 amide bonds. The van der Waals surface area contributed by atoms with Gasteiger partial charge in [-0.15, -0.1) is 8.78 Å². The van der Waals surface area contributed by atoms with Crippen LogP contribution in [0.5, 0.6) is 17.2 Å². The normalized spacial score (nSPS) is 20.3. The van der Waals surface area contributed by atoms with Gasteiger partial charge in [0.2, 0.25) is 0 Å². The summed E-state index contributed by atoms with van der Waals surface area (Å²) in [5.74, 6) is -0.289. The van der Waals surface area contributed by atoms with Gasteiger partial charge >= 0.3 is 12.3 Å². The van der Waals surface area contributed by atoms with E-state index in [9.17, 15) is 18.0 Å². The van der Waals surface area contributed by atoms with Crippen LogP contribution in [0.25, 0.3) is 0 Å². The maximum Gasteiger partial charge on any atom is 0.586 e. The first kappa shape index (κ1) is 23.2. The summed E-state index contributed by atoms with van der Waals surface area (Å²) in [6.45, 7) is 4.13. The van der Waals surface area contributed by atoms with E-state index in [0.29, 0.717) is 28.9 Å². The monoisotopic (exact) mass is 509 g/mol. The number of carbonyl (C=O) groups is 1. The summed E-state index contributed by atoms with van der Waals surface area (Å²) in [6.07, 6.45) is -3.03. The molecule has 0 radical (unpaired) electrons. The smallest absolute Gasteiger partial charge is 0.487 e. The molecule has 1 N–H and O–H groups in total. The van der Waals surface area contributed by atoms with Crippen LogP contribution >= 0.6 is 0 Å². The first-order chi connectivity index (χ1) is 17.6. The zero-order chi connectivity index (χ0) is 25.9. The molecule has 37 heavy (non-hydrogen) atoms. The van der Waals surface area contributed by atoms with Crippen LogP contribution in [0.2, 0.25) is 0 Å². The number of rotatable bonds is 3. The number of ether oxygens (including phenoxy) is 3. The van der Waals surface area contributed by atoms with Gasteiger partial charge in [0.05, 0.1) is 12.3 Å². The van der Waals surface area contributed by atoms with Crippen LogP contribution < -0.4 is 19.5 Å². The standard InChI is InChI=1S/C27H22F3N3O4/c1-26(2)13-17-11-19(8-10-21(17)35-26)31-25(34)33-14-20(24(32-33)15-3-6-18(28)7-4-15)16-5-9-22-23(12-16)37-27(29,30)36-22/h3-12,20H,13-14H2,1-2H3,(H,31,34). The van der Waals surface area contributed by atoms with Gasteiger partial charge < -0.3 is 19.5 Å². The number of alkyl halides is 2. The second-order valence-electron chi connectivity index (χ2n) is 9.79. The quantitative estimate of drug-likeness (QED) is 0.478. The molecule has 3 aliphatic heterocycles. The average molecular weight is 509 g/mol. The molecular weight excluding hydrogens is 487 g/mol. The average Bonchev–Trinajstić information content (AvgIpc) is 3.49. The zero-order valence-corrected chi connectivity index (χ0v) is 19.9. The summed E-state index contributed by atoms with van der Waals surface area (Å²) < 4.78 is 55.7. The van der Waals surface area contributed by atoms with E-state index in [4.69, 9.17) is 4.74 Å². The third-order valence-corrected chi connectivity index (χ3v) is 6.43. The van der Waals surface area contributed by atoms with Crippen LogP contribution in [0.1, 0.15) is 36.5 Å². The van der Waals surface area contributed by atoms with Crippen LogP contribution in [0.15, 0.2) is 65.8 Å². The number of nitrogens with zero attached hydrogens (tertiary/aromatic N) is 2. The molecule has 3 aromatic rings. The van der Waals surface area contributed by atoms with E-state index in [0.717, 1.165) is 11.3 Å². The van der Waals surface area contributed by atoms with Gasteiger partial charge in [0.1, 0.15) is 17.2 Å². The summed E-state index contributed by atoms with van der Waals surface area (Å²) in [5, 5.41) is 8.67. The molecule has 190 valence electrons. The van der Waals surface area contributed by atoms with E-state index < -0.39 is 24.1 Å². The molecule has 10 heteroatoms. The molecule has 0 bridgehead atoms. The largest absolute Gasteiger partial charge is 0.586 e. The van der Waals surface area contributed by atoms with Crippen LogP contribution in [-0.2, 0) is 6.42 Å². The predicted molar refractivity (Wildman–Crippen MR) is 129 cm³/mol. The summed E-state index contributed by atoms with van der Waals surface area (Å²) in [4.78, 5) is 13.2. The van der Waals surface area contributed by atoms with E-state index >= 15 is 0 Å². The van der Waals surface area contributed by atoms with Crippen molar-refractivity contribution in [1.82, 2.24) is 5.01 Å². The predicted octanol–water partition coefficient (Wildman–Crippen LogP) is 5.90. The fraction of sp³-hybridized carbons (Fsp3) is 0.259. The molecule has 0 aromatic heterocycles. The molecule has 0 fully saturated rings. The van der Waals surface area contributed by atoms with Gasteiger partial charge in [0.15, 0.2) is 11.5 Å². The van der Waals surface area contributed by atoms with E-state index in [2.05, 4.69) is 19.9 Å².